The highest BCUT2D eigenvalue weighted by Crippen LogP contribution is 2.30. The Morgan fingerprint density at radius 1 is 0.941 bits per heavy atom. The van der Waals surface area contributed by atoms with Gasteiger partial charge in [-0.15, -0.1) is 11.3 Å². The largest absolute Gasteiger partial charge is 0.125 e. The quantitative estimate of drug-likeness (QED) is 0.478. The summed E-state index contributed by atoms with van der Waals surface area (Å²) in [6.45, 7) is 0. The lowest BCUT2D eigenvalue weighted by Crippen LogP contribution is -1.77. The standard InChI is InChI=1S/C16H10S/c1-2-4-6-11-15-13(9-5-3-1)14-10-7-8-12-16(14)17-15/h1-2,7-8,10,12H,3-4H2/b2-1+. The number of rotatable bonds is 0. The van der Waals surface area contributed by atoms with Crippen LogP contribution in [0.5, 0.6) is 0 Å². The van der Waals surface area contributed by atoms with E-state index in [-0.39, 0.29) is 0 Å². The van der Waals surface area contributed by atoms with Crippen molar-refractivity contribution in [3.05, 3.63) is 46.9 Å². The van der Waals surface area contributed by atoms with Gasteiger partial charge in [0, 0.05) is 22.9 Å². The number of hydrogen-bond acceptors (Lipinski definition) is 1. The van der Waals surface area contributed by atoms with E-state index in [2.05, 4.69) is 60.1 Å². The van der Waals surface area contributed by atoms with Gasteiger partial charge in [-0.25, -0.2) is 0 Å². The van der Waals surface area contributed by atoms with Crippen LogP contribution in [0.1, 0.15) is 23.3 Å². The molecule has 0 radical (unpaired) electrons. The lowest BCUT2D eigenvalue weighted by Gasteiger charge is -1.90. The zero-order valence-corrected chi connectivity index (χ0v) is 10.1. The SMILES string of the molecule is C1#Cc2sc3ccccc3c2C#CC/C=C/C1. The molecular formula is C16H10S. The van der Waals surface area contributed by atoms with Crippen molar-refractivity contribution >= 4 is 21.4 Å². The predicted molar refractivity (Wildman–Crippen MR) is 74.0 cm³/mol. The molecule has 0 nitrogen and oxygen atoms in total. The van der Waals surface area contributed by atoms with Crippen LogP contribution in [0.4, 0.5) is 0 Å². The molecule has 0 saturated heterocycles. The van der Waals surface area contributed by atoms with Gasteiger partial charge in [-0.2, -0.15) is 0 Å². The van der Waals surface area contributed by atoms with Gasteiger partial charge < -0.3 is 0 Å². The van der Waals surface area contributed by atoms with Crippen LogP contribution in [0.15, 0.2) is 36.4 Å². The monoisotopic (exact) mass is 234 g/mol. The molecule has 1 aromatic heterocycles. The van der Waals surface area contributed by atoms with Gasteiger partial charge in [-0.1, -0.05) is 54.0 Å². The lowest BCUT2D eigenvalue weighted by molar-refractivity contribution is 1.37. The summed E-state index contributed by atoms with van der Waals surface area (Å²) >= 11 is 1.74. The van der Waals surface area contributed by atoms with Crippen molar-refractivity contribution in [2.75, 3.05) is 0 Å². The van der Waals surface area contributed by atoms with Gasteiger partial charge in [-0.3, -0.25) is 0 Å². The molecule has 0 spiro atoms. The maximum atomic E-state index is 3.26. The molecule has 1 aliphatic rings. The molecule has 2 aromatic rings. The second-order valence-corrected chi connectivity index (χ2v) is 4.84. The second-order valence-electron chi connectivity index (χ2n) is 3.79. The van der Waals surface area contributed by atoms with Gasteiger partial charge in [0.2, 0.25) is 0 Å². The van der Waals surface area contributed by atoms with Crippen molar-refractivity contribution in [1.82, 2.24) is 0 Å². The lowest BCUT2D eigenvalue weighted by atomic mass is 10.1. The zero-order chi connectivity index (χ0) is 11.5. The molecule has 1 heteroatoms. The molecule has 0 unspecified atom stereocenters. The predicted octanol–water partition coefficient (Wildman–Crippen LogP) is 3.95. The molecule has 3 rings (SSSR count). The Morgan fingerprint density at radius 2 is 1.71 bits per heavy atom. The number of hydrogen-bond donors (Lipinski definition) is 0. The minimum atomic E-state index is 0.811. The van der Waals surface area contributed by atoms with Gasteiger partial charge in [0.1, 0.15) is 0 Å². The molecule has 1 aliphatic carbocycles. The van der Waals surface area contributed by atoms with Crippen molar-refractivity contribution in [2.24, 2.45) is 0 Å². The first kappa shape index (κ1) is 10.2. The van der Waals surface area contributed by atoms with E-state index >= 15 is 0 Å². The summed E-state index contributed by atoms with van der Waals surface area (Å²) in [5, 5.41) is 1.24. The van der Waals surface area contributed by atoms with Gasteiger partial charge in [-0.05, 0) is 6.07 Å². The fourth-order valence-electron chi connectivity index (χ4n) is 1.81. The van der Waals surface area contributed by atoms with E-state index in [1.807, 2.05) is 0 Å². The van der Waals surface area contributed by atoms with Crippen LogP contribution < -0.4 is 0 Å². The summed E-state index contributed by atoms with van der Waals surface area (Å²) in [4.78, 5) is 1.11. The minimum Gasteiger partial charge on any atom is -0.125 e. The first-order valence-corrected chi connectivity index (χ1v) is 6.41. The van der Waals surface area contributed by atoms with Crippen molar-refractivity contribution in [1.29, 1.82) is 0 Å². The Bertz CT molecular complexity index is 709. The number of allylic oxidation sites excluding steroid dienone is 2. The summed E-state index contributed by atoms with van der Waals surface area (Å²) in [6.07, 6.45) is 5.79. The van der Waals surface area contributed by atoms with E-state index in [9.17, 15) is 0 Å². The van der Waals surface area contributed by atoms with Crippen LogP contribution in [0.25, 0.3) is 10.1 Å². The molecule has 80 valence electrons. The maximum Gasteiger partial charge on any atom is 0.0937 e. The minimum absolute atomic E-state index is 0.811. The fourth-order valence-corrected chi connectivity index (χ4v) is 2.85. The molecule has 0 aliphatic heterocycles. The van der Waals surface area contributed by atoms with E-state index in [1.165, 1.54) is 10.1 Å². The molecule has 0 fully saturated rings. The normalized spacial score (nSPS) is 15.1. The molecule has 1 heterocycles. The highest BCUT2D eigenvalue weighted by Gasteiger charge is 2.07. The number of benzene rings is 1. The highest BCUT2D eigenvalue weighted by atomic mass is 32.1. The third-order valence-corrected chi connectivity index (χ3v) is 3.70. The smallest absolute Gasteiger partial charge is 0.0937 e. The van der Waals surface area contributed by atoms with E-state index in [4.69, 9.17) is 0 Å². The molecule has 17 heavy (non-hydrogen) atoms. The molecular weight excluding hydrogens is 224 g/mol. The van der Waals surface area contributed by atoms with Crippen LogP contribution in [0, 0.1) is 23.7 Å². The first-order chi connectivity index (χ1) is 8.45. The van der Waals surface area contributed by atoms with E-state index in [0.29, 0.717) is 0 Å². The molecule has 0 N–H and O–H groups in total. The third-order valence-electron chi connectivity index (χ3n) is 2.62. The zero-order valence-electron chi connectivity index (χ0n) is 9.29. The van der Waals surface area contributed by atoms with E-state index in [1.54, 1.807) is 11.3 Å². The topological polar surface area (TPSA) is 0 Å². The van der Waals surface area contributed by atoms with Crippen LogP contribution in [-0.4, -0.2) is 0 Å². The maximum absolute atomic E-state index is 3.26. The van der Waals surface area contributed by atoms with Crippen molar-refractivity contribution in [2.45, 2.75) is 12.8 Å². The summed E-state index contributed by atoms with van der Waals surface area (Å²) in [5.74, 6) is 12.9. The van der Waals surface area contributed by atoms with Crippen LogP contribution >= 0.6 is 11.3 Å². The second kappa shape index (κ2) is 4.50. The van der Waals surface area contributed by atoms with Crippen molar-refractivity contribution in [3.8, 4) is 23.7 Å². The van der Waals surface area contributed by atoms with Gasteiger partial charge in [0.25, 0.3) is 0 Å². The number of fused-ring (bicyclic) bond motifs is 3. The summed E-state index contributed by atoms with van der Waals surface area (Å²) in [5.41, 5.74) is 1.10. The molecule has 0 amide bonds. The Labute approximate surface area is 105 Å². The van der Waals surface area contributed by atoms with E-state index < -0.39 is 0 Å². The Balaban J connectivity index is 2.27. The summed E-state index contributed by atoms with van der Waals surface area (Å²) in [7, 11) is 0. The van der Waals surface area contributed by atoms with Crippen LogP contribution in [0.2, 0.25) is 0 Å². The van der Waals surface area contributed by atoms with E-state index in [0.717, 1.165) is 23.3 Å². The van der Waals surface area contributed by atoms with Gasteiger partial charge in [0.05, 0.1) is 10.4 Å². The summed E-state index contributed by atoms with van der Waals surface area (Å²) < 4.78 is 1.27. The van der Waals surface area contributed by atoms with Crippen molar-refractivity contribution < 1.29 is 0 Å². The van der Waals surface area contributed by atoms with Crippen molar-refractivity contribution in [3.63, 3.8) is 0 Å². The average Bonchev–Trinajstić information content (AvgIpc) is 2.72. The molecule has 1 aromatic carbocycles. The Hall–Kier alpha value is -1.96. The summed E-state index contributed by atoms with van der Waals surface area (Å²) in [6, 6.07) is 8.38. The average molecular weight is 234 g/mol. The van der Waals surface area contributed by atoms with Gasteiger partial charge in [0.15, 0.2) is 0 Å². The fraction of sp³-hybridized carbons (Fsp3) is 0.125. The number of thiophene rings is 1. The first-order valence-electron chi connectivity index (χ1n) is 5.59. The highest BCUT2D eigenvalue weighted by molar-refractivity contribution is 7.19. The molecule has 0 saturated carbocycles. The van der Waals surface area contributed by atoms with Crippen LogP contribution in [0.3, 0.4) is 0 Å². The molecule has 0 bridgehead atoms. The Morgan fingerprint density at radius 3 is 2.59 bits per heavy atom. The molecule has 0 atom stereocenters. The Kier molecular flexibility index (Phi) is 2.70. The third kappa shape index (κ3) is 1.98. The van der Waals surface area contributed by atoms with Crippen LogP contribution in [-0.2, 0) is 0 Å². The van der Waals surface area contributed by atoms with Gasteiger partial charge >= 0.3 is 0 Å².